The zero-order valence-electron chi connectivity index (χ0n) is 16.3. The first-order valence-corrected chi connectivity index (χ1v) is 9.19. The summed E-state index contributed by atoms with van der Waals surface area (Å²) in [5.74, 6) is -1.90. The molecule has 0 fully saturated rings. The Morgan fingerprint density at radius 3 is 2.33 bits per heavy atom. The average molecular weight is 370 g/mol. The fourth-order valence-electron chi connectivity index (χ4n) is 2.84. The van der Waals surface area contributed by atoms with Crippen molar-refractivity contribution in [2.24, 2.45) is 0 Å². The lowest BCUT2D eigenvalue weighted by molar-refractivity contribution is -0.117. The molecule has 144 valence electrons. The Balaban J connectivity index is 2.52. The maximum absolute atomic E-state index is 12.8. The van der Waals surface area contributed by atoms with Crippen molar-refractivity contribution < 1.29 is 19.1 Å². The molecule has 1 heterocycles. The second-order valence-corrected chi connectivity index (χ2v) is 6.40. The molecule has 2 aromatic rings. The molecule has 0 aliphatic rings. The number of Topliss-reactive ketones (excluding diaryl/α,β-unsaturated/α-hetero) is 1. The highest BCUT2D eigenvalue weighted by atomic mass is 16.5. The first-order chi connectivity index (χ1) is 12.9. The van der Waals surface area contributed by atoms with E-state index in [1.54, 1.807) is 13.8 Å². The average Bonchev–Trinajstić information content (AvgIpc) is 2.99. The third kappa shape index (κ3) is 4.64. The molecule has 0 unspecified atom stereocenters. The predicted octanol–water partition coefficient (Wildman–Crippen LogP) is 3.57. The van der Waals surface area contributed by atoms with Crippen LogP contribution in [-0.4, -0.2) is 35.8 Å². The van der Waals surface area contributed by atoms with Crippen LogP contribution in [0.1, 0.15) is 58.8 Å². The Hall–Kier alpha value is -2.89. The summed E-state index contributed by atoms with van der Waals surface area (Å²) in [6, 6.07) is 7.43. The largest absolute Gasteiger partial charge is 0.462 e. The SMILES string of the molecule is CCCCNC(=O)C(=O)c1[nH]c(C)c(C(=O)OCC)c1-c1ccc(C)cc1. The van der Waals surface area contributed by atoms with Crippen LogP contribution in [0, 0.1) is 13.8 Å². The number of aromatic nitrogens is 1. The van der Waals surface area contributed by atoms with Crippen LogP contribution in [0.15, 0.2) is 24.3 Å². The Morgan fingerprint density at radius 2 is 1.74 bits per heavy atom. The van der Waals surface area contributed by atoms with Gasteiger partial charge in [-0.3, -0.25) is 9.59 Å². The number of H-pyrrole nitrogens is 1. The number of carbonyl (C=O) groups excluding carboxylic acids is 3. The standard InChI is InChI=1S/C21H26N2O4/c1-5-7-12-22-20(25)19(24)18-17(15-10-8-13(3)9-11-15)16(14(4)23-18)21(26)27-6-2/h8-11,23H,5-7,12H2,1-4H3,(H,22,25). The lowest BCUT2D eigenvalue weighted by atomic mass is 9.97. The lowest BCUT2D eigenvalue weighted by Gasteiger charge is -2.08. The van der Waals surface area contributed by atoms with Crippen LogP contribution < -0.4 is 5.32 Å². The fraction of sp³-hybridized carbons (Fsp3) is 0.381. The summed E-state index contributed by atoms with van der Waals surface area (Å²) >= 11 is 0. The number of amides is 1. The number of esters is 1. The number of ketones is 1. The number of ether oxygens (including phenoxy) is 1. The summed E-state index contributed by atoms with van der Waals surface area (Å²) < 4.78 is 5.16. The maximum atomic E-state index is 12.8. The third-order valence-electron chi connectivity index (χ3n) is 4.26. The topological polar surface area (TPSA) is 88.3 Å². The Labute approximate surface area is 159 Å². The Morgan fingerprint density at radius 1 is 1.07 bits per heavy atom. The van der Waals surface area contributed by atoms with E-state index in [-0.39, 0.29) is 17.9 Å². The van der Waals surface area contributed by atoms with Crippen LogP contribution in [0.4, 0.5) is 0 Å². The number of carbonyl (C=O) groups is 3. The van der Waals surface area contributed by atoms with Gasteiger partial charge in [-0.25, -0.2) is 4.79 Å². The number of hydrogen-bond acceptors (Lipinski definition) is 4. The molecule has 6 heteroatoms. The number of rotatable bonds is 8. The van der Waals surface area contributed by atoms with E-state index in [4.69, 9.17) is 4.74 Å². The summed E-state index contributed by atoms with van der Waals surface area (Å²) in [6.45, 7) is 8.02. The van der Waals surface area contributed by atoms with Crippen LogP contribution in [0.3, 0.4) is 0 Å². The van der Waals surface area contributed by atoms with E-state index in [1.807, 2.05) is 38.1 Å². The Kier molecular flexibility index (Phi) is 6.93. The fourth-order valence-corrected chi connectivity index (χ4v) is 2.84. The van der Waals surface area contributed by atoms with E-state index in [9.17, 15) is 14.4 Å². The van der Waals surface area contributed by atoms with Crippen LogP contribution in [0.5, 0.6) is 0 Å². The quantitative estimate of drug-likeness (QED) is 0.322. The summed E-state index contributed by atoms with van der Waals surface area (Å²) in [5.41, 5.74) is 3.01. The normalized spacial score (nSPS) is 10.5. The molecule has 2 rings (SSSR count). The molecule has 0 saturated carbocycles. The minimum atomic E-state index is -0.694. The van der Waals surface area contributed by atoms with Crippen molar-refractivity contribution in [3.8, 4) is 11.1 Å². The summed E-state index contributed by atoms with van der Waals surface area (Å²) in [7, 11) is 0. The summed E-state index contributed by atoms with van der Waals surface area (Å²) in [4.78, 5) is 40.4. The van der Waals surface area contributed by atoms with E-state index >= 15 is 0 Å². The van der Waals surface area contributed by atoms with Gasteiger partial charge in [-0.2, -0.15) is 0 Å². The molecule has 2 N–H and O–H groups in total. The molecule has 0 radical (unpaired) electrons. The third-order valence-corrected chi connectivity index (χ3v) is 4.26. The number of aryl methyl sites for hydroxylation is 2. The van der Waals surface area contributed by atoms with Crippen LogP contribution in [-0.2, 0) is 9.53 Å². The van der Waals surface area contributed by atoms with E-state index < -0.39 is 17.7 Å². The molecule has 0 bridgehead atoms. The van der Waals surface area contributed by atoms with Crippen molar-refractivity contribution in [1.82, 2.24) is 10.3 Å². The molecule has 0 spiro atoms. The molecule has 6 nitrogen and oxygen atoms in total. The second-order valence-electron chi connectivity index (χ2n) is 6.40. The molecule has 0 aliphatic heterocycles. The molecule has 0 atom stereocenters. The summed E-state index contributed by atoms with van der Waals surface area (Å²) in [5, 5.41) is 2.63. The molecule has 0 saturated heterocycles. The lowest BCUT2D eigenvalue weighted by Crippen LogP contribution is -2.32. The predicted molar refractivity (Wildman–Crippen MR) is 104 cm³/mol. The van der Waals surface area contributed by atoms with E-state index in [1.165, 1.54) is 0 Å². The minimum absolute atomic E-state index is 0.105. The van der Waals surface area contributed by atoms with Crippen molar-refractivity contribution in [3.05, 3.63) is 46.8 Å². The highest BCUT2D eigenvalue weighted by Crippen LogP contribution is 2.31. The van der Waals surface area contributed by atoms with Crippen LogP contribution in [0.25, 0.3) is 11.1 Å². The monoisotopic (exact) mass is 370 g/mol. The van der Waals surface area contributed by atoms with Gasteiger partial charge in [0.25, 0.3) is 11.7 Å². The zero-order chi connectivity index (χ0) is 20.0. The van der Waals surface area contributed by atoms with E-state index in [0.29, 0.717) is 23.4 Å². The van der Waals surface area contributed by atoms with Crippen molar-refractivity contribution in [2.45, 2.75) is 40.5 Å². The smallest absolute Gasteiger partial charge is 0.340 e. The number of nitrogens with one attached hydrogen (secondary N) is 2. The maximum Gasteiger partial charge on any atom is 0.340 e. The number of unbranched alkanes of at least 4 members (excludes halogenated alkanes) is 1. The molecule has 1 aromatic carbocycles. The van der Waals surface area contributed by atoms with Crippen molar-refractivity contribution in [3.63, 3.8) is 0 Å². The van der Waals surface area contributed by atoms with Gasteiger partial charge in [0.05, 0.1) is 12.2 Å². The highest BCUT2D eigenvalue weighted by molar-refractivity contribution is 6.43. The summed E-state index contributed by atoms with van der Waals surface area (Å²) in [6.07, 6.45) is 1.71. The van der Waals surface area contributed by atoms with E-state index in [2.05, 4.69) is 10.3 Å². The van der Waals surface area contributed by atoms with Gasteiger partial charge in [0.1, 0.15) is 5.69 Å². The molecule has 1 amide bonds. The van der Waals surface area contributed by atoms with Crippen LogP contribution >= 0.6 is 0 Å². The van der Waals surface area contributed by atoms with Crippen LogP contribution in [0.2, 0.25) is 0 Å². The van der Waals surface area contributed by atoms with Gasteiger partial charge >= 0.3 is 5.97 Å². The van der Waals surface area contributed by atoms with Gasteiger partial charge in [0, 0.05) is 17.8 Å². The van der Waals surface area contributed by atoms with Crippen molar-refractivity contribution in [2.75, 3.05) is 13.2 Å². The van der Waals surface area contributed by atoms with Crippen molar-refractivity contribution >= 4 is 17.7 Å². The van der Waals surface area contributed by atoms with Crippen molar-refractivity contribution in [1.29, 1.82) is 0 Å². The van der Waals surface area contributed by atoms with Gasteiger partial charge < -0.3 is 15.0 Å². The molecular weight excluding hydrogens is 344 g/mol. The first kappa shape index (κ1) is 20.4. The van der Waals surface area contributed by atoms with Gasteiger partial charge in [-0.15, -0.1) is 0 Å². The molecule has 27 heavy (non-hydrogen) atoms. The second kappa shape index (κ2) is 9.16. The Bertz CT molecular complexity index is 835. The molecule has 0 aliphatic carbocycles. The number of aromatic amines is 1. The van der Waals surface area contributed by atoms with Gasteiger partial charge in [0.2, 0.25) is 0 Å². The number of benzene rings is 1. The zero-order valence-corrected chi connectivity index (χ0v) is 16.3. The minimum Gasteiger partial charge on any atom is -0.462 e. The van der Waals surface area contributed by atoms with Gasteiger partial charge in [0.15, 0.2) is 0 Å². The van der Waals surface area contributed by atoms with Gasteiger partial charge in [-0.05, 0) is 32.8 Å². The molecular formula is C21H26N2O4. The first-order valence-electron chi connectivity index (χ1n) is 9.19. The van der Waals surface area contributed by atoms with Gasteiger partial charge in [-0.1, -0.05) is 43.2 Å². The molecule has 1 aromatic heterocycles. The number of hydrogen-bond donors (Lipinski definition) is 2. The van der Waals surface area contributed by atoms with E-state index in [0.717, 1.165) is 18.4 Å². The highest BCUT2D eigenvalue weighted by Gasteiger charge is 2.29.